The van der Waals surface area contributed by atoms with Gasteiger partial charge in [-0.1, -0.05) is 0 Å². The smallest absolute Gasteiger partial charge is 0.212 e. The van der Waals surface area contributed by atoms with Crippen molar-refractivity contribution in [3.05, 3.63) is 29.3 Å². The minimum Gasteiger partial charge on any atom is -0.321 e. The van der Waals surface area contributed by atoms with E-state index in [1.807, 2.05) is 30.5 Å². The van der Waals surface area contributed by atoms with Crippen LogP contribution < -0.4 is 0 Å². The minimum absolute atomic E-state index is 0.569. The third-order valence-electron chi connectivity index (χ3n) is 2.70. The van der Waals surface area contributed by atoms with Crippen molar-refractivity contribution < 1.29 is 4.79 Å². The molecular formula is C11H10N4OS. The van der Waals surface area contributed by atoms with Crippen molar-refractivity contribution in [2.45, 2.75) is 13.8 Å². The Morgan fingerprint density at radius 3 is 2.88 bits per heavy atom. The molecule has 0 bridgehead atoms. The van der Waals surface area contributed by atoms with Gasteiger partial charge in [0.15, 0.2) is 6.29 Å². The number of aryl methyl sites for hydroxylation is 2. The SMILES string of the molecule is Cc1cc(-c2cn3c(C)c(C=O)[nH]c3n2)sn1. The molecule has 0 saturated heterocycles. The van der Waals surface area contributed by atoms with E-state index in [1.165, 1.54) is 11.5 Å². The molecule has 0 fully saturated rings. The largest absolute Gasteiger partial charge is 0.321 e. The van der Waals surface area contributed by atoms with Gasteiger partial charge in [0.1, 0.15) is 11.4 Å². The number of carbonyl (C=O) groups is 1. The number of nitrogens with zero attached hydrogens (tertiary/aromatic N) is 3. The lowest BCUT2D eigenvalue weighted by Crippen LogP contribution is -1.86. The van der Waals surface area contributed by atoms with Crippen LogP contribution in [0.15, 0.2) is 12.3 Å². The third-order valence-corrected chi connectivity index (χ3v) is 3.60. The van der Waals surface area contributed by atoms with E-state index in [0.717, 1.165) is 28.2 Å². The van der Waals surface area contributed by atoms with Crippen LogP contribution >= 0.6 is 11.5 Å². The van der Waals surface area contributed by atoms with Crippen molar-refractivity contribution in [3.8, 4) is 10.6 Å². The molecule has 0 saturated carbocycles. The predicted octanol–water partition coefficient (Wildman–Crippen LogP) is 2.22. The van der Waals surface area contributed by atoms with E-state index in [2.05, 4.69) is 14.3 Å². The van der Waals surface area contributed by atoms with Crippen molar-refractivity contribution in [2.24, 2.45) is 0 Å². The summed E-state index contributed by atoms with van der Waals surface area (Å²) in [5, 5.41) is 0. The van der Waals surface area contributed by atoms with Gasteiger partial charge in [0.05, 0.1) is 10.6 Å². The summed E-state index contributed by atoms with van der Waals surface area (Å²) in [5.74, 6) is 0.686. The van der Waals surface area contributed by atoms with Crippen LogP contribution in [0.3, 0.4) is 0 Å². The highest BCUT2D eigenvalue weighted by atomic mass is 32.1. The van der Waals surface area contributed by atoms with E-state index < -0.39 is 0 Å². The Morgan fingerprint density at radius 2 is 2.29 bits per heavy atom. The minimum atomic E-state index is 0.569. The highest BCUT2D eigenvalue weighted by molar-refractivity contribution is 7.09. The fourth-order valence-electron chi connectivity index (χ4n) is 1.78. The van der Waals surface area contributed by atoms with Crippen LogP contribution in [0.4, 0.5) is 0 Å². The second-order valence-electron chi connectivity index (χ2n) is 3.89. The quantitative estimate of drug-likeness (QED) is 0.705. The van der Waals surface area contributed by atoms with E-state index in [9.17, 15) is 4.79 Å². The van der Waals surface area contributed by atoms with Gasteiger partial charge in [-0.05, 0) is 31.4 Å². The van der Waals surface area contributed by atoms with E-state index >= 15 is 0 Å². The fraction of sp³-hybridized carbons (Fsp3) is 0.182. The van der Waals surface area contributed by atoms with E-state index in [4.69, 9.17) is 0 Å². The summed E-state index contributed by atoms with van der Waals surface area (Å²) in [4.78, 5) is 19.2. The Labute approximate surface area is 101 Å². The summed E-state index contributed by atoms with van der Waals surface area (Å²) in [7, 11) is 0. The molecule has 3 rings (SSSR count). The zero-order valence-corrected chi connectivity index (χ0v) is 10.2. The van der Waals surface area contributed by atoms with Crippen LogP contribution in [0.5, 0.6) is 0 Å². The van der Waals surface area contributed by atoms with Crippen molar-refractivity contribution >= 4 is 23.6 Å². The first-order valence-electron chi connectivity index (χ1n) is 5.15. The fourth-order valence-corrected chi connectivity index (χ4v) is 2.49. The van der Waals surface area contributed by atoms with Gasteiger partial charge in [-0.15, -0.1) is 0 Å². The first-order chi connectivity index (χ1) is 8.19. The molecule has 0 aliphatic carbocycles. The topological polar surface area (TPSA) is 63.0 Å². The molecule has 3 heterocycles. The first-order valence-corrected chi connectivity index (χ1v) is 5.93. The summed E-state index contributed by atoms with van der Waals surface area (Å²) in [6.45, 7) is 3.84. The van der Waals surface area contributed by atoms with Crippen molar-refractivity contribution in [3.63, 3.8) is 0 Å². The average molecular weight is 246 g/mol. The number of aromatic nitrogens is 4. The maximum absolute atomic E-state index is 10.8. The molecule has 86 valence electrons. The van der Waals surface area contributed by atoms with Crippen LogP contribution in [-0.2, 0) is 0 Å². The number of imidazole rings is 2. The van der Waals surface area contributed by atoms with E-state index in [-0.39, 0.29) is 0 Å². The summed E-state index contributed by atoms with van der Waals surface area (Å²) in [5.41, 5.74) is 3.31. The van der Waals surface area contributed by atoms with Gasteiger partial charge in [0.25, 0.3) is 0 Å². The summed E-state index contributed by atoms with van der Waals surface area (Å²) in [6, 6.07) is 2.00. The number of fused-ring (bicyclic) bond motifs is 1. The molecule has 1 N–H and O–H groups in total. The summed E-state index contributed by atoms with van der Waals surface area (Å²) < 4.78 is 6.11. The Morgan fingerprint density at radius 1 is 1.47 bits per heavy atom. The van der Waals surface area contributed by atoms with Crippen LogP contribution in [0.2, 0.25) is 0 Å². The van der Waals surface area contributed by atoms with Gasteiger partial charge in [-0.3, -0.25) is 9.20 Å². The Kier molecular flexibility index (Phi) is 2.12. The lowest BCUT2D eigenvalue weighted by Gasteiger charge is -1.89. The van der Waals surface area contributed by atoms with Crippen LogP contribution in [0.1, 0.15) is 21.9 Å². The molecule has 0 aliphatic heterocycles. The third kappa shape index (κ3) is 1.49. The van der Waals surface area contributed by atoms with Crippen LogP contribution in [0.25, 0.3) is 16.3 Å². The van der Waals surface area contributed by atoms with Crippen molar-refractivity contribution in [2.75, 3.05) is 0 Å². The van der Waals surface area contributed by atoms with E-state index in [0.29, 0.717) is 11.5 Å². The van der Waals surface area contributed by atoms with Crippen LogP contribution in [0, 0.1) is 13.8 Å². The molecule has 5 nitrogen and oxygen atoms in total. The number of aldehydes is 1. The number of hydrogen-bond donors (Lipinski definition) is 1. The summed E-state index contributed by atoms with van der Waals surface area (Å²) in [6.07, 6.45) is 2.72. The Bertz CT molecular complexity index is 706. The van der Waals surface area contributed by atoms with Gasteiger partial charge in [-0.2, -0.15) is 4.37 Å². The maximum Gasteiger partial charge on any atom is 0.212 e. The number of rotatable bonds is 2. The molecule has 3 aromatic rings. The van der Waals surface area contributed by atoms with Gasteiger partial charge in [0.2, 0.25) is 5.78 Å². The van der Waals surface area contributed by atoms with Gasteiger partial charge in [-0.25, -0.2) is 4.98 Å². The number of carbonyl (C=O) groups excluding carboxylic acids is 1. The Balaban J connectivity index is 2.18. The normalized spacial score (nSPS) is 11.2. The number of H-pyrrole nitrogens is 1. The first kappa shape index (κ1) is 10.2. The molecule has 0 spiro atoms. The molecule has 0 atom stereocenters. The zero-order valence-electron chi connectivity index (χ0n) is 9.39. The van der Waals surface area contributed by atoms with Gasteiger partial charge < -0.3 is 4.98 Å². The zero-order chi connectivity index (χ0) is 12.0. The summed E-state index contributed by atoms with van der Waals surface area (Å²) >= 11 is 1.43. The standard InChI is InChI=1S/C11H10N4OS/c1-6-3-10(17-14-6)8-4-15-7(2)9(5-16)13-11(15)12-8/h3-5H,1-2H3,(H,12,13). The molecule has 0 radical (unpaired) electrons. The lowest BCUT2D eigenvalue weighted by molar-refractivity contribution is 0.111. The van der Waals surface area contributed by atoms with Crippen molar-refractivity contribution in [1.29, 1.82) is 0 Å². The lowest BCUT2D eigenvalue weighted by atomic mass is 10.3. The van der Waals surface area contributed by atoms with Gasteiger partial charge >= 0.3 is 0 Å². The molecule has 6 heteroatoms. The molecule has 0 aliphatic rings. The molecule has 0 amide bonds. The Hall–Kier alpha value is -1.95. The predicted molar refractivity (Wildman–Crippen MR) is 65.5 cm³/mol. The number of hydrogen-bond acceptors (Lipinski definition) is 4. The number of nitrogens with one attached hydrogen (secondary N) is 1. The monoisotopic (exact) mass is 246 g/mol. The molecular weight excluding hydrogens is 236 g/mol. The van der Waals surface area contributed by atoms with E-state index in [1.54, 1.807) is 0 Å². The van der Waals surface area contributed by atoms with Gasteiger partial charge in [0, 0.05) is 11.9 Å². The molecule has 17 heavy (non-hydrogen) atoms. The second-order valence-corrected chi connectivity index (χ2v) is 4.70. The number of aromatic amines is 1. The highest BCUT2D eigenvalue weighted by Gasteiger charge is 2.12. The van der Waals surface area contributed by atoms with Crippen molar-refractivity contribution in [1.82, 2.24) is 18.7 Å². The highest BCUT2D eigenvalue weighted by Crippen LogP contribution is 2.24. The molecule has 0 unspecified atom stereocenters. The molecule has 0 aromatic carbocycles. The second kappa shape index (κ2) is 3.53. The average Bonchev–Trinajstić information content (AvgIpc) is 2.95. The van der Waals surface area contributed by atoms with Crippen LogP contribution in [-0.4, -0.2) is 25.0 Å². The maximum atomic E-state index is 10.8. The molecule has 3 aromatic heterocycles.